The number of anilines is 1. The Kier molecular flexibility index (Phi) is 4.11. The van der Waals surface area contributed by atoms with E-state index >= 15 is 0 Å². The molecule has 1 aromatic carbocycles. The number of benzene rings is 1. The minimum atomic E-state index is 0.815. The average Bonchev–Trinajstić information content (AvgIpc) is 3.31. The lowest BCUT2D eigenvalue weighted by Gasteiger charge is -2.28. The van der Waals surface area contributed by atoms with Gasteiger partial charge in [-0.1, -0.05) is 18.2 Å². The van der Waals surface area contributed by atoms with Gasteiger partial charge in [0.1, 0.15) is 11.3 Å². The highest BCUT2D eigenvalue weighted by Gasteiger charge is 2.20. The zero-order valence-corrected chi connectivity index (χ0v) is 16.3. The molecule has 4 heterocycles. The predicted molar refractivity (Wildman–Crippen MR) is 112 cm³/mol. The molecule has 1 N–H and O–H groups in total. The number of aromatic nitrogens is 5. The average molecular weight is 372 g/mol. The lowest BCUT2D eigenvalue weighted by Crippen LogP contribution is -2.30. The summed E-state index contributed by atoms with van der Waals surface area (Å²) in [6.45, 7) is 6.19. The monoisotopic (exact) mass is 372 g/mol. The number of nitrogens with zero attached hydrogens (tertiary/aromatic N) is 5. The second-order valence-corrected chi connectivity index (χ2v) is 7.48. The first-order valence-corrected chi connectivity index (χ1v) is 9.93. The Morgan fingerprint density at radius 1 is 0.964 bits per heavy atom. The van der Waals surface area contributed by atoms with Gasteiger partial charge in [0, 0.05) is 18.7 Å². The van der Waals surface area contributed by atoms with Crippen LogP contribution in [-0.2, 0) is 0 Å². The van der Waals surface area contributed by atoms with Crippen molar-refractivity contribution >= 4 is 16.9 Å². The van der Waals surface area contributed by atoms with E-state index in [9.17, 15) is 0 Å². The summed E-state index contributed by atoms with van der Waals surface area (Å²) in [4.78, 5) is 15.4. The first-order chi connectivity index (χ1) is 13.7. The van der Waals surface area contributed by atoms with Crippen LogP contribution in [0.1, 0.15) is 30.8 Å². The van der Waals surface area contributed by atoms with Crippen LogP contribution >= 0.6 is 0 Å². The van der Waals surface area contributed by atoms with Crippen LogP contribution in [0.4, 0.5) is 5.82 Å². The summed E-state index contributed by atoms with van der Waals surface area (Å²) < 4.78 is 1.98. The van der Waals surface area contributed by atoms with Crippen LogP contribution in [0.15, 0.2) is 42.6 Å². The van der Waals surface area contributed by atoms with E-state index in [2.05, 4.69) is 45.1 Å². The molecular weight excluding hydrogens is 348 g/mol. The van der Waals surface area contributed by atoms with Gasteiger partial charge in [0.05, 0.1) is 28.8 Å². The molecule has 1 aliphatic heterocycles. The van der Waals surface area contributed by atoms with Crippen LogP contribution in [0.2, 0.25) is 0 Å². The van der Waals surface area contributed by atoms with Crippen LogP contribution in [0.5, 0.6) is 0 Å². The molecule has 0 spiro atoms. The number of rotatable bonds is 3. The van der Waals surface area contributed by atoms with Crippen LogP contribution in [-0.4, -0.2) is 37.8 Å². The summed E-state index contributed by atoms with van der Waals surface area (Å²) in [6.07, 6.45) is 5.67. The van der Waals surface area contributed by atoms with Crippen molar-refractivity contribution in [2.24, 2.45) is 0 Å². The van der Waals surface area contributed by atoms with E-state index in [1.807, 2.05) is 36.0 Å². The van der Waals surface area contributed by atoms with Gasteiger partial charge >= 0.3 is 0 Å². The molecule has 0 atom stereocenters. The van der Waals surface area contributed by atoms with E-state index in [0.29, 0.717) is 0 Å². The topological polar surface area (TPSA) is 62.6 Å². The first-order valence-electron chi connectivity index (χ1n) is 9.93. The summed E-state index contributed by atoms with van der Waals surface area (Å²) in [6, 6.07) is 12.3. The van der Waals surface area contributed by atoms with Gasteiger partial charge in [0.2, 0.25) is 0 Å². The van der Waals surface area contributed by atoms with E-state index in [4.69, 9.17) is 4.98 Å². The van der Waals surface area contributed by atoms with Gasteiger partial charge in [-0.2, -0.15) is 5.10 Å². The number of para-hydroxylation sites is 1. The van der Waals surface area contributed by atoms with E-state index in [1.54, 1.807) is 0 Å². The van der Waals surface area contributed by atoms with Gasteiger partial charge in [0.25, 0.3) is 0 Å². The lowest BCUT2D eigenvalue weighted by atomic mass is 10.1. The van der Waals surface area contributed by atoms with Crippen LogP contribution in [0.3, 0.4) is 0 Å². The molecule has 0 unspecified atom stereocenters. The quantitative estimate of drug-likeness (QED) is 0.578. The molecule has 6 heteroatoms. The fourth-order valence-electron chi connectivity index (χ4n) is 4.09. The molecule has 142 valence electrons. The fraction of sp³-hybridized carbons (Fsp3) is 0.318. The van der Waals surface area contributed by atoms with Crippen molar-refractivity contribution in [3.05, 3.63) is 54.1 Å². The largest absolute Gasteiger partial charge is 0.355 e. The van der Waals surface area contributed by atoms with Crippen molar-refractivity contribution in [2.45, 2.75) is 33.1 Å². The van der Waals surface area contributed by atoms with E-state index in [1.165, 1.54) is 19.3 Å². The van der Waals surface area contributed by atoms with Crippen molar-refractivity contribution < 1.29 is 0 Å². The smallest absolute Gasteiger partial charge is 0.156 e. The molecule has 0 bridgehead atoms. The number of H-pyrrole nitrogens is 1. The zero-order chi connectivity index (χ0) is 19.1. The maximum atomic E-state index is 4.77. The zero-order valence-electron chi connectivity index (χ0n) is 16.3. The number of fused-ring (bicyclic) bond motifs is 1. The number of aromatic amines is 1. The molecule has 6 nitrogen and oxygen atoms in total. The van der Waals surface area contributed by atoms with Crippen molar-refractivity contribution in [1.29, 1.82) is 0 Å². The molecule has 1 fully saturated rings. The molecule has 0 saturated carbocycles. The normalized spacial score (nSPS) is 14.7. The van der Waals surface area contributed by atoms with Crippen LogP contribution in [0.25, 0.3) is 28.0 Å². The lowest BCUT2D eigenvalue weighted by molar-refractivity contribution is 0.574. The van der Waals surface area contributed by atoms with Crippen molar-refractivity contribution in [2.75, 3.05) is 18.0 Å². The highest BCUT2D eigenvalue weighted by Crippen LogP contribution is 2.31. The van der Waals surface area contributed by atoms with Crippen LogP contribution in [0, 0.1) is 13.8 Å². The van der Waals surface area contributed by atoms with Crippen molar-refractivity contribution in [1.82, 2.24) is 24.7 Å². The van der Waals surface area contributed by atoms with Gasteiger partial charge in [-0.15, -0.1) is 0 Å². The standard InChI is InChI=1S/C22H24N6/c1-15-18(14-23-28(15)17-9-5-3-6-10-17)19-13-20-21(26-19)22(25-16(2)24-20)27-11-7-4-8-12-27/h3,5-6,9-10,13-14,26H,4,7-8,11-12H2,1-2H3. The molecule has 0 aliphatic carbocycles. The third-order valence-corrected chi connectivity index (χ3v) is 5.53. The minimum absolute atomic E-state index is 0.815. The van der Waals surface area contributed by atoms with Crippen molar-refractivity contribution in [3.63, 3.8) is 0 Å². The van der Waals surface area contributed by atoms with Gasteiger partial charge in [-0.05, 0) is 51.3 Å². The molecular formula is C22H24N6. The maximum absolute atomic E-state index is 4.77. The van der Waals surface area contributed by atoms with Gasteiger partial charge in [-0.25, -0.2) is 14.6 Å². The molecule has 1 saturated heterocycles. The summed E-state index contributed by atoms with van der Waals surface area (Å²) in [5, 5.41) is 4.61. The summed E-state index contributed by atoms with van der Waals surface area (Å²) >= 11 is 0. The first kappa shape index (κ1) is 17.0. The SMILES string of the molecule is Cc1nc(N2CCCCC2)c2[nH]c(-c3cnn(-c4ccccc4)c3C)cc2n1. The summed E-state index contributed by atoms with van der Waals surface area (Å²) in [7, 11) is 0. The molecule has 1 aliphatic rings. The summed E-state index contributed by atoms with van der Waals surface area (Å²) in [5.74, 6) is 1.84. The van der Waals surface area contributed by atoms with Gasteiger partial charge < -0.3 is 9.88 Å². The fourth-order valence-corrected chi connectivity index (χ4v) is 4.09. The Hall–Kier alpha value is -3.15. The van der Waals surface area contributed by atoms with Gasteiger partial charge in [0.15, 0.2) is 5.82 Å². The minimum Gasteiger partial charge on any atom is -0.355 e. The van der Waals surface area contributed by atoms with Gasteiger partial charge in [-0.3, -0.25) is 0 Å². The van der Waals surface area contributed by atoms with E-state index in [0.717, 1.165) is 58.4 Å². The molecule has 3 aromatic heterocycles. The molecule has 0 amide bonds. The second kappa shape index (κ2) is 6.78. The Bertz CT molecular complexity index is 1120. The Morgan fingerprint density at radius 3 is 2.54 bits per heavy atom. The molecule has 4 aromatic rings. The maximum Gasteiger partial charge on any atom is 0.156 e. The molecule has 28 heavy (non-hydrogen) atoms. The molecule has 5 rings (SSSR count). The second-order valence-electron chi connectivity index (χ2n) is 7.48. The third-order valence-electron chi connectivity index (χ3n) is 5.53. The third kappa shape index (κ3) is 2.85. The van der Waals surface area contributed by atoms with E-state index < -0.39 is 0 Å². The van der Waals surface area contributed by atoms with Crippen LogP contribution < -0.4 is 4.90 Å². The number of nitrogens with one attached hydrogen (secondary N) is 1. The number of piperidine rings is 1. The summed E-state index contributed by atoms with van der Waals surface area (Å²) in [5.41, 5.74) is 6.27. The van der Waals surface area contributed by atoms with Crippen molar-refractivity contribution in [3.8, 4) is 16.9 Å². The highest BCUT2D eigenvalue weighted by molar-refractivity contribution is 5.91. The Balaban J connectivity index is 1.60. The van der Waals surface area contributed by atoms with E-state index in [-0.39, 0.29) is 0 Å². The number of hydrogen-bond donors (Lipinski definition) is 1. The number of hydrogen-bond acceptors (Lipinski definition) is 4. The number of aryl methyl sites for hydroxylation is 1. The predicted octanol–water partition coefficient (Wildman–Crippen LogP) is 4.42. The Labute approximate surface area is 164 Å². The molecule has 0 radical (unpaired) electrons. The Morgan fingerprint density at radius 2 is 1.75 bits per heavy atom. The highest BCUT2D eigenvalue weighted by atomic mass is 15.3.